The Hall–Kier alpha value is -1.16. The molecule has 25 heavy (non-hydrogen) atoms. The standard InChI is InChI=1S/C17H28N6S.HI/c1-5-14(3)20-17(22(4)11-15-7-10-24-12-15)18-8-9-23-13-19-21-16(23)6-2;/h7,10,12-14H,5-6,8-9,11H2,1-4H3,(H,18,20);1H. The first-order chi connectivity index (χ1) is 11.6. The van der Waals surface area contributed by atoms with E-state index < -0.39 is 0 Å². The molecule has 1 N–H and O–H groups in total. The van der Waals surface area contributed by atoms with Gasteiger partial charge < -0.3 is 14.8 Å². The molecule has 0 aliphatic heterocycles. The average Bonchev–Trinajstić information content (AvgIpc) is 3.24. The lowest BCUT2D eigenvalue weighted by Gasteiger charge is -2.25. The number of hydrogen-bond acceptors (Lipinski definition) is 4. The highest BCUT2D eigenvalue weighted by Gasteiger charge is 2.10. The van der Waals surface area contributed by atoms with Crippen molar-refractivity contribution in [2.75, 3.05) is 13.6 Å². The second kappa shape index (κ2) is 11.5. The highest BCUT2D eigenvalue weighted by molar-refractivity contribution is 14.0. The summed E-state index contributed by atoms with van der Waals surface area (Å²) in [7, 11) is 2.09. The van der Waals surface area contributed by atoms with Crippen molar-refractivity contribution in [2.24, 2.45) is 4.99 Å². The van der Waals surface area contributed by atoms with Gasteiger partial charge in [0.15, 0.2) is 5.96 Å². The van der Waals surface area contributed by atoms with Crippen LogP contribution in [0.4, 0.5) is 0 Å². The zero-order valence-corrected chi connectivity index (χ0v) is 18.6. The molecule has 140 valence electrons. The van der Waals surface area contributed by atoms with Crippen LogP contribution in [0.3, 0.4) is 0 Å². The Balaban J connectivity index is 0.00000312. The van der Waals surface area contributed by atoms with Crippen molar-refractivity contribution >= 4 is 41.3 Å². The second-order valence-corrected chi connectivity index (χ2v) is 6.72. The van der Waals surface area contributed by atoms with Crippen LogP contribution in [-0.2, 0) is 19.5 Å². The van der Waals surface area contributed by atoms with Gasteiger partial charge in [-0.05, 0) is 35.7 Å². The van der Waals surface area contributed by atoms with Gasteiger partial charge in [-0.3, -0.25) is 4.99 Å². The normalized spacial score (nSPS) is 12.6. The third-order valence-electron chi connectivity index (χ3n) is 3.96. The van der Waals surface area contributed by atoms with E-state index in [4.69, 9.17) is 4.99 Å². The predicted octanol–water partition coefficient (Wildman–Crippen LogP) is 3.40. The lowest BCUT2D eigenvalue weighted by Crippen LogP contribution is -2.43. The summed E-state index contributed by atoms with van der Waals surface area (Å²) in [5.41, 5.74) is 1.31. The van der Waals surface area contributed by atoms with E-state index in [0.29, 0.717) is 12.6 Å². The molecule has 2 heterocycles. The molecule has 8 heteroatoms. The van der Waals surface area contributed by atoms with E-state index in [1.807, 2.05) is 0 Å². The summed E-state index contributed by atoms with van der Waals surface area (Å²) in [5, 5.41) is 15.9. The molecule has 0 radical (unpaired) electrons. The Morgan fingerprint density at radius 2 is 2.24 bits per heavy atom. The molecular formula is C17H29IN6S. The molecule has 1 unspecified atom stereocenters. The van der Waals surface area contributed by atoms with Crippen molar-refractivity contribution in [3.05, 3.63) is 34.5 Å². The third kappa shape index (κ3) is 6.93. The van der Waals surface area contributed by atoms with Crippen molar-refractivity contribution in [2.45, 2.75) is 52.7 Å². The van der Waals surface area contributed by atoms with Crippen LogP contribution in [0.5, 0.6) is 0 Å². The fraction of sp³-hybridized carbons (Fsp3) is 0.588. The smallest absolute Gasteiger partial charge is 0.194 e. The lowest BCUT2D eigenvalue weighted by molar-refractivity contribution is 0.458. The first-order valence-corrected chi connectivity index (χ1v) is 9.48. The van der Waals surface area contributed by atoms with Crippen LogP contribution < -0.4 is 5.32 Å². The molecule has 2 aromatic heterocycles. The number of guanidine groups is 1. The van der Waals surface area contributed by atoms with Crippen LogP contribution >= 0.6 is 35.3 Å². The molecule has 1 atom stereocenters. The van der Waals surface area contributed by atoms with Crippen molar-refractivity contribution < 1.29 is 0 Å². The highest BCUT2D eigenvalue weighted by atomic mass is 127. The van der Waals surface area contributed by atoms with E-state index in [2.05, 4.69) is 69.6 Å². The molecule has 0 amide bonds. The predicted molar refractivity (Wildman–Crippen MR) is 116 cm³/mol. The van der Waals surface area contributed by atoms with Gasteiger partial charge in [0.05, 0.1) is 6.54 Å². The number of thiophene rings is 1. The largest absolute Gasteiger partial charge is 0.354 e. The quantitative estimate of drug-likeness (QED) is 0.361. The Kier molecular flexibility index (Phi) is 10.0. The maximum Gasteiger partial charge on any atom is 0.194 e. The van der Waals surface area contributed by atoms with Crippen LogP contribution in [0, 0.1) is 0 Å². The third-order valence-corrected chi connectivity index (χ3v) is 4.70. The Morgan fingerprint density at radius 1 is 1.44 bits per heavy atom. The molecule has 6 nitrogen and oxygen atoms in total. The molecule has 0 fully saturated rings. The molecule has 0 aliphatic carbocycles. The summed E-state index contributed by atoms with van der Waals surface area (Å²) < 4.78 is 2.07. The summed E-state index contributed by atoms with van der Waals surface area (Å²) >= 11 is 1.73. The maximum atomic E-state index is 4.80. The number of rotatable bonds is 8. The number of aryl methyl sites for hydroxylation is 1. The summed E-state index contributed by atoms with van der Waals surface area (Å²) in [5.74, 6) is 1.95. The van der Waals surface area contributed by atoms with E-state index in [0.717, 1.165) is 37.7 Å². The van der Waals surface area contributed by atoms with Crippen LogP contribution in [0.25, 0.3) is 0 Å². The van der Waals surface area contributed by atoms with Gasteiger partial charge in [-0.25, -0.2) is 0 Å². The Morgan fingerprint density at radius 3 is 2.88 bits per heavy atom. The molecule has 0 aromatic carbocycles. The summed E-state index contributed by atoms with van der Waals surface area (Å²) in [6.07, 6.45) is 3.74. The van der Waals surface area contributed by atoms with E-state index >= 15 is 0 Å². The number of halogens is 1. The molecule has 0 aliphatic rings. The van der Waals surface area contributed by atoms with Crippen LogP contribution in [0.1, 0.15) is 38.6 Å². The monoisotopic (exact) mass is 476 g/mol. The molecule has 0 saturated carbocycles. The molecule has 0 bridgehead atoms. The van der Waals surface area contributed by atoms with Crippen LogP contribution in [0.15, 0.2) is 28.1 Å². The second-order valence-electron chi connectivity index (χ2n) is 5.94. The minimum Gasteiger partial charge on any atom is -0.354 e. The maximum absolute atomic E-state index is 4.80. The summed E-state index contributed by atoms with van der Waals surface area (Å²) in [6, 6.07) is 2.56. The fourth-order valence-electron chi connectivity index (χ4n) is 2.33. The van der Waals surface area contributed by atoms with Gasteiger partial charge in [0.1, 0.15) is 12.2 Å². The van der Waals surface area contributed by atoms with E-state index in [9.17, 15) is 0 Å². The van der Waals surface area contributed by atoms with Gasteiger partial charge in [0, 0.05) is 32.6 Å². The number of aromatic nitrogens is 3. The van der Waals surface area contributed by atoms with Gasteiger partial charge in [-0.1, -0.05) is 13.8 Å². The highest BCUT2D eigenvalue weighted by Crippen LogP contribution is 2.09. The average molecular weight is 476 g/mol. The van der Waals surface area contributed by atoms with Crippen molar-refractivity contribution in [1.82, 2.24) is 25.0 Å². The minimum atomic E-state index is 0. The first-order valence-electron chi connectivity index (χ1n) is 8.53. The van der Waals surface area contributed by atoms with Gasteiger partial charge in [-0.15, -0.1) is 34.2 Å². The Labute approximate surface area is 171 Å². The zero-order chi connectivity index (χ0) is 17.4. The van der Waals surface area contributed by atoms with Crippen molar-refractivity contribution in [1.29, 1.82) is 0 Å². The fourth-order valence-corrected chi connectivity index (χ4v) is 2.99. The minimum absolute atomic E-state index is 0. The van der Waals surface area contributed by atoms with Gasteiger partial charge >= 0.3 is 0 Å². The molecule has 2 aromatic rings. The van der Waals surface area contributed by atoms with Gasteiger partial charge in [0.2, 0.25) is 0 Å². The van der Waals surface area contributed by atoms with E-state index in [1.165, 1.54) is 5.56 Å². The molecule has 2 rings (SSSR count). The molecule has 0 saturated heterocycles. The van der Waals surface area contributed by atoms with E-state index in [-0.39, 0.29) is 24.0 Å². The summed E-state index contributed by atoms with van der Waals surface area (Å²) in [4.78, 5) is 6.98. The first kappa shape index (κ1) is 21.9. The summed E-state index contributed by atoms with van der Waals surface area (Å²) in [6.45, 7) is 8.82. The molecular weight excluding hydrogens is 447 g/mol. The van der Waals surface area contributed by atoms with Gasteiger partial charge in [0.25, 0.3) is 0 Å². The zero-order valence-electron chi connectivity index (χ0n) is 15.5. The number of hydrogen-bond donors (Lipinski definition) is 1. The number of nitrogens with zero attached hydrogens (tertiary/aromatic N) is 5. The van der Waals surface area contributed by atoms with Gasteiger partial charge in [-0.2, -0.15) is 11.3 Å². The topological polar surface area (TPSA) is 58.3 Å². The van der Waals surface area contributed by atoms with Crippen molar-refractivity contribution in [3.63, 3.8) is 0 Å². The van der Waals surface area contributed by atoms with E-state index in [1.54, 1.807) is 17.7 Å². The SMILES string of the molecule is CCc1nncn1CCN=C(NC(C)CC)N(C)Cc1ccsc1.I. The molecule has 0 spiro atoms. The Bertz CT molecular complexity index is 625. The number of aliphatic imine (C=N–C) groups is 1. The lowest BCUT2D eigenvalue weighted by atomic mass is 10.2. The van der Waals surface area contributed by atoms with Crippen LogP contribution in [0.2, 0.25) is 0 Å². The number of nitrogens with one attached hydrogen (secondary N) is 1. The van der Waals surface area contributed by atoms with Crippen molar-refractivity contribution in [3.8, 4) is 0 Å². The van der Waals surface area contributed by atoms with Crippen LogP contribution in [-0.4, -0.2) is 45.3 Å².